The van der Waals surface area contributed by atoms with Crippen LogP contribution in [0.25, 0.3) is 0 Å². The monoisotopic (exact) mass is 190 g/mol. The zero-order valence-corrected chi connectivity index (χ0v) is 8.02. The summed E-state index contributed by atoms with van der Waals surface area (Å²) >= 11 is 0. The van der Waals surface area contributed by atoms with Crippen LogP contribution in [0, 0.1) is 11.3 Å². The molecule has 0 heterocycles. The lowest BCUT2D eigenvalue weighted by atomic mass is 10.2. The molecule has 70 valence electrons. The molecule has 4 nitrogen and oxygen atoms in total. The Bertz CT molecular complexity index is 241. The standard InChI is InChI=1S/C7H14N2O2S/c1-12(10,11)9-7-5-3-2-4-6-8/h9H,2-5,7H2,1H3. The molecule has 0 saturated heterocycles. The van der Waals surface area contributed by atoms with Crippen molar-refractivity contribution >= 4 is 10.0 Å². The van der Waals surface area contributed by atoms with E-state index in [1.165, 1.54) is 0 Å². The fraction of sp³-hybridized carbons (Fsp3) is 0.857. The Hall–Kier alpha value is -0.600. The second-order valence-corrected chi connectivity index (χ2v) is 4.47. The van der Waals surface area contributed by atoms with Crippen LogP contribution in [0.1, 0.15) is 25.7 Å². The number of sulfonamides is 1. The topological polar surface area (TPSA) is 70.0 Å². The smallest absolute Gasteiger partial charge is 0.208 e. The number of nitrogens with zero attached hydrogens (tertiary/aromatic N) is 1. The van der Waals surface area contributed by atoms with Crippen molar-refractivity contribution < 1.29 is 8.42 Å². The first-order chi connectivity index (χ1) is 5.56. The van der Waals surface area contributed by atoms with Crippen molar-refractivity contribution in [2.75, 3.05) is 12.8 Å². The summed E-state index contributed by atoms with van der Waals surface area (Å²) in [7, 11) is -3.03. The molecule has 1 N–H and O–H groups in total. The first-order valence-electron chi connectivity index (χ1n) is 3.88. The lowest BCUT2D eigenvalue weighted by Crippen LogP contribution is -2.22. The van der Waals surface area contributed by atoms with Crippen molar-refractivity contribution in [3.63, 3.8) is 0 Å². The van der Waals surface area contributed by atoms with E-state index in [2.05, 4.69) is 4.72 Å². The van der Waals surface area contributed by atoms with Gasteiger partial charge in [0.05, 0.1) is 12.3 Å². The van der Waals surface area contributed by atoms with Gasteiger partial charge in [-0.2, -0.15) is 5.26 Å². The molecule has 0 rings (SSSR count). The Morgan fingerprint density at radius 1 is 1.33 bits per heavy atom. The molecule has 0 aromatic rings. The highest BCUT2D eigenvalue weighted by Crippen LogP contribution is 1.97. The third kappa shape index (κ3) is 9.40. The first kappa shape index (κ1) is 11.4. The molecule has 0 saturated carbocycles. The largest absolute Gasteiger partial charge is 0.215 e. The second kappa shape index (κ2) is 5.98. The molecule has 0 radical (unpaired) electrons. The van der Waals surface area contributed by atoms with Gasteiger partial charge >= 0.3 is 0 Å². The van der Waals surface area contributed by atoms with E-state index in [1.807, 2.05) is 6.07 Å². The van der Waals surface area contributed by atoms with Gasteiger partial charge in [-0.1, -0.05) is 6.42 Å². The maximum absolute atomic E-state index is 10.6. The van der Waals surface area contributed by atoms with Gasteiger partial charge in [-0.3, -0.25) is 0 Å². The number of hydrogen-bond acceptors (Lipinski definition) is 3. The van der Waals surface area contributed by atoms with Crippen molar-refractivity contribution in [2.24, 2.45) is 0 Å². The third-order valence-corrected chi connectivity index (χ3v) is 2.06. The molecule has 0 aromatic carbocycles. The van der Waals surface area contributed by atoms with Gasteiger partial charge in [-0.25, -0.2) is 13.1 Å². The number of hydrogen-bond donors (Lipinski definition) is 1. The molecule has 0 aliphatic heterocycles. The normalized spacial score (nSPS) is 11.0. The van der Waals surface area contributed by atoms with Gasteiger partial charge in [0.2, 0.25) is 10.0 Å². The SMILES string of the molecule is CS(=O)(=O)NCCCCCC#N. The average Bonchev–Trinajstić information content (AvgIpc) is 1.94. The minimum atomic E-state index is -3.03. The molecular formula is C7H14N2O2S. The van der Waals surface area contributed by atoms with E-state index in [0.717, 1.165) is 25.5 Å². The molecule has 0 atom stereocenters. The second-order valence-electron chi connectivity index (χ2n) is 2.64. The van der Waals surface area contributed by atoms with Crippen LogP contribution in [0.4, 0.5) is 0 Å². The first-order valence-corrected chi connectivity index (χ1v) is 5.77. The Morgan fingerprint density at radius 2 is 2.00 bits per heavy atom. The van der Waals surface area contributed by atoms with E-state index in [9.17, 15) is 8.42 Å². The molecule has 0 fully saturated rings. The quantitative estimate of drug-likeness (QED) is 0.624. The molecule has 0 aromatic heterocycles. The minimum Gasteiger partial charge on any atom is -0.215 e. The van der Waals surface area contributed by atoms with Crippen LogP contribution in [-0.4, -0.2) is 21.2 Å². The summed E-state index contributed by atoms with van der Waals surface area (Å²) in [6, 6.07) is 2.04. The van der Waals surface area contributed by atoms with Crippen LogP contribution in [0.2, 0.25) is 0 Å². The summed E-state index contributed by atoms with van der Waals surface area (Å²) in [5, 5.41) is 8.19. The van der Waals surface area contributed by atoms with Crippen molar-refractivity contribution in [3.05, 3.63) is 0 Å². The number of nitriles is 1. The summed E-state index contributed by atoms with van der Waals surface area (Å²) in [5.41, 5.74) is 0. The molecule has 0 aliphatic carbocycles. The molecule has 12 heavy (non-hydrogen) atoms. The zero-order valence-electron chi connectivity index (χ0n) is 7.21. The number of unbranched alkanes of at least 4 members (excludes halogenated alkanes) is 3. The summed E-state index contributed by atoms with van der Waals surface area (Å²) in [4.78, 5) is 0. The minimum absolute atomic E-state index is 0.476. The molecule has 0 aliphatic rings. The summed E-state index contributed by atoms with van der Waals surface area (Å²) in [6.45, 7) is 0.476. The van der Waals surface area contributed by atoms with E-state index in [1.54, 1.807) is 0 Å². The Labute approximate surface area is 73.6 Å². The summed E-state index contributed by atoms with van der Waals surface area (Å²) in [5.74, 6) is 0. The fourth-order valence-corrected chi connectivity index (χ4v) is 1.28. The molecule has 0 spiro atoms. The van der Waals surface area contributed by atoms with Crippen LogP contribution in [0.3, 0.4) is 0 Å². The van der Waals surface area contributed by atoms with Gasteiger partial charge in [-0.05, 0) is 12.8 Å². The van der Waals surface area contributed by atoms with E-state index in [0.29, 0.717) is 13.0 Å². The van der Waals surface area contributed by atoms with E-state index < -0.39 is 10.0 Å². The predicted molar refractivity (Wildman–Crippen MR) is 46.9 cm³/mol. The maximum Gasteiger partial charge on any atom is 0.208 e. The van der Waals surface area contributed by atoms with Gasteiger partial charge in [0.15, 0.2) is 0 Å². The van der Waals surface area contributed by atoms with Crippen molar-refractivity contribution in [1.29, 1.82) is 5.26 Å². The molecule has 0 amide bonds. The fourth-order valence-electron chi connectivity index (χ4n) is 0.763. The molecular weight excluding hydrogens is 176 g/mol. The molecule has 0 unspecified atom stereocenters. The average molecular weight is 190 g/mol. The summed E-state index contributed by atoms with van der Waals surface area (Å²) < 4.78 is 23.5. The lowest BCUT2D eigenvalue weighted by Gasteiger charge is -1.99. The third-order valence-electron chi connectivity index (χ3n) is 1.33. The highest BCUT2D eigenvalue weighted by Gasteiger charge is 1.97. The van der Waals surface area contributed by atoms with Crippen LogP contribution in [0.5, 0.6) is 0 Å². The predicted octanol–water partition coefficient (Wildman–Crippen LogP) is 0.620. The molecule has 0 bridgehead atoms. The van der Waals surface area contributed by atoms with Crippen LogP contribution in [-0.2, 0) is 10.0 Å². The van der Waals surface area contributed by atoms with Gasteiger partial charge in [0, 0.05) is 13.0 Å². The Morgan fingerprint density at radius 3 is 2.50 bits per heavy atom. The van der Waals surface area contributed by atoms with Gasteiger partial charge in [0.25, 0.3) is 0 Å². The van der Waals surface area contributed by atoms with Gasteiger partial charge in [0.1, 0.15) is 0 Å². The zero-order chi connectivity index (χ0) is 9.45. The Kier molecular flexibility index (Phi) is 5.68. The van der Waals surface area contributed by atoms with Crippen LogP contribution in [0.15, 0.2) is 0 Å². The number of rotatable bonds is 6. The van der Waals surface area contributed by atoms with Gasteiger partial charge in [-0.15, -0.1) is 0 Å². The number of nitrogens with one attached hydrogen (secondary N) is 1. The molecule has 5 heteroatoms. The maximum atomic E-state index is 10.6. The Balaban J connectivity index is 3.18. The van der Waals surface area contributed by atoms with Crippen LogP contribution >= 0.6 is 0 Å². The van der Waals surface area contributed by atoms with Crippen molar-refractivity contribution in [3.8, 4) is 6.07 Å². The van der Waals surface area contributed by atoms with E-state index in [4.69, 9.17) is 5.26 Å². The lowest BCUT2D eigenvalue weighted by molar-refractivity contribution is 0.581. The highest BCUT2D eigenvalue weighted by molar-refractivity contribution is 7.88. The summed E-state index contributed by atoms with van der Waals surface area (Å²) in [6.07, 6.45) is 4.24. The van der Waals surface area contributed by atoms with Crippen LogP contribution < -0.4 is 4.72 Å². The van der Waals surface area contributed by atoms with Gasteiger partial charge < -0.3 is 0 Å². The van der Waals surface area contributed by atoms with E-state index in [-0.39, 0.29) is 0 Å². The highest BCUT2D eigenvalue weighted by atomic mass is 32.2. The van der Waals surface area contributed by atoms with E-state index >= 15 is 0 Å². The van der Waals surface area contributed by atoms with Crippen molar-refractivity contribution in [1.82, 2.24) is 4.72 Å². The van der Waals surface area contributed by atoms with Crippen molar-refractivity contribution in [2.45, 2.75) is 25.7 Å².